The van der Waals surface area contributed by atoms with Crippen molar-refractivity contribution in [3.63, 3.8) is 0 Å². The molecule has 0 aliphatic heterocycles. The Labute approximate surface area is 178 Å². The molecule has 9 nitrogen and oxygen atoms in total. The van der Waals surface area contributed by atoms with Gasteiger partial charge in [0.1, 0.15) is 17.9 Å². The fourth-order valence-electron chi connectivity index (χ4n) is 3.08. The quantitative estimate of drug-likeness (QED) is 0.234. The van der Waals surface area contributed by atoms with Crippen molar-refractivity contribution in [1.82, 2.24) is 4.98 Å². The zero-order chi connectivity index (χ0) is 22.5. The van der Waals surface area contributed by atoms with Gasteiger partial charge in [-0.1, -0.05) is 0 Å². The van der Waals surface area contributed by atoms with E-state index in [4.69, 9.17) is 18.9 Å². The van der Waals surface area contributed by atoms with Gasteiger partial charge in [-0.15, -0.1) is 0 Å². The number of nitrogens with zero attached hydrogens (tertiary/aromatic N) is 2. The number of esters is 1. The van der Waals surface area contributed by atoms with E-state index in [0.29, 0.717) is 34.1 Å². The summed E-state index contributed by atoms with van der Waals surface area (Å²) in [4.78, 5) is 29.0. The molecular formula is C22H22N2O7. The summed E-state index contributed by atoms with van der Waals surface area (Å²) < 4.78 is 21.6. The lowest BCUT2D eigenvalue weighted by Crippen LogP contribution is -2.37. The molecule has 1 heterocycles. The molecule has 9 heteroatoms. The summed E-state index contributed by atoms with van der Waals surface area (Å²) in [7, 11) is 2.94. The van der Waals surface area contributed by atoms with E-state index in [9.17, 15) is 14.8 Å². The van der Waals surface area contributed by atoms with Gasteiger partial charge in [-0.2, -0.15) is 4.73 Å². The van der Waals surface area contributed by atoms with E-state index >= 15 is 0 Å². The fourth-order valence-corrected chi connectivity index (χ4v) is 3.08. The number of ketones is 1. The molecule has 162 valence electrons. The van der Waals surface area contributed by atoms with Crippen LogP contribution in [0.25, 0.3) is 11.0 Å². The lowest BCUT2D eigenvalue weighted by molar-refractivity contribution is -0.580. The van der Waals surface area contributed by atoms with Crippen LogP contribution in [0.5, 0.6) is 17.2 Å². The van der Waals surface area contributed by atoms with Crippen LogP contribution in [0.15, 0.2) is 36.4 Å². The van der Waals surface area contributed by atoms with E-state index in [2.05, 4.69) is 4.98 Å². The molecule has 0 amide bonds. The van der Waals surface area contributed by atoms with Crippen LogP contribution in [0.1, 0.15) is 40.4 Å². The Kier molecular flexibility index (Phi) is 6.54. The van der Waals surface area contributed by atoms with Gasteiger partial charge in [0.25, 0.3) is 5.69 Å². The Morgan fingerprint density at radius 2 is 1.81 bits per heavy atom. The number of hydrogen-bond acceptors (Lipinski definition) is 8. The number of carbonyl (C=O) groups excluding carboxylic acids is 2. The highest BCUT2D eigenvalue weighted by Crippen LogP contribution is 2.28. The lowest BCUT2D eigenvalue weighted by atomic mass is 10.2. The van der Waals surface area contributed by atoms with Crippen molar-refractivity contribution >= 4 is 22.8 Å². The molecule has 0 aliphatic carbocycles. The SMILES string of the molecule is CCOc1ccc2nc(COC(=O)c3ccc(OC)c(OC)c3)c(C(C)=O)[n+]([O-])c2c1. The molecule has 0 saturated heterocycles. The second kappa shape index (κ2) is 9.29. The van der Waals surface area contributed by atoms with Crippen LogP contribution >= 0.6 is 0 Å². The van der Waals surface area contributed by atoms with Gasteiger partial charge in [-0.05, 0) is 37.3 Å². The van der Waals surface area contributed by atoms with E-state index in [1.165, 1.54) is 39.3 Å². The van der Waals surface area contributed by atoms with Gasteiger partial charge < -0.3 is 24.2 Å². The number of ether oxygens (including phenoxy) is 4. The molecule has 3 rings (SSSR count). The third-order valence-corrected chi connectivity index (χ3v) is 4.50. The summed E-state index contributed by atoms with van der Waals surface area (Å²) in [6, 6.07) is 9.37. The highest BCUT2D eigenvalue weighted by atomic mass is 16.5. The van der Waals surface area contributed by atoms with Crippen molar-refractivity contribution in [1.29, 1.82) is 0 Å². The van der Waals surface area contributed by atoms with E-state index in [-0.39, 0.29) is 29.1 Å². The Morgan fingerprint density at radius 3 is 2.45 bits per heavy atom. The first-order valence-electron chi connectivity index (χ1n) is 9.48. The average molecular weight is 426 g/mol. The number of carbonyl (C=O) groups is 2. The minimum atomic E-state index is -0.665. The molecule has 0 saturated carbocycles. The van der Waals surface area contributed by atoms with E-state index in [1.807, 2.05) is 6.92 Å². The fraction of sp³-hybridized carbons (Fsp3) is 0.273. The third kappa shape index (κ3) is 4.50. The smallest absolute Gasteiger partial charge is 0.338 e. The van der Waals surface area contributed by atoms with Gasteiger partial charge in [0.15, 0.2) is 17.2 Å². The van der Waals surface area contributed by atoms with Crippen molar-refractivity contribution in [2.45, 2.75) is 20.5 Å². The Morgan fingerprint density at radius 1 is 1.06 bits per heavy atom. The van der Waals surface area contributed by atoms with Crippen molar-refractivity contribution < 1.29 is 33.3 Å². The molecule has 0 aliphatic rings. The van der Waals surface area contributed by atoms with E-state index < -0.39 is 11.8 Å². The molecule has 0 spiro atoms. The predicted octanol–water partition coefficient (Wildman–Crippen LogP) is 2.84. The summed E-state index contributed by atoms with van der Waals surface area (Å²) in [5.41, 5.74) is 0.625. The largest absolute Gasteiger partial charge is 0.618 e. The van der Waals surface area contributed by atoms with E-state index in [1.54, 1.807) is 18.2 Å². The zero-order valence-electron chi connectivity index (χ0n) is 17.6. The van der Waals surface area contributed by atoms with Crippen LogP contribution in [0.4, 0.5) is 0 Å². The minimum absolute atomic E-state index is 0.0630. The van der Waals surface area contributed by atoms with Crippen LogP contribution in [0, 0.1) is 5.21 Å². The number of fused-ring (bicyclic) bond motifs is 1. The molecule has 31 heavy (non-hydrogen) atoms. The van der Waals surface area contributed by atoms with Gasteiger partial charge in [0.2, 0.25) is 11.3 Å². The maximum atomic E-state index is 12.8. The molecule has 2 aromatic carbocycles. The Hall–Kier alpha value is -3.88. The van der Waals surface area contributed by atoms with Crippen molar-refractivity contribution in [2.24, 2.45) is 0 Å². The summed E-state index contributed by atoms with van der Waals surface area (Å²) >= 11 is 0. The molecule has 0 unspecified atom stereocenters. The summed E-state index contributed by atoms with van der Waals surface area (Å²) in [5, 5.41) is 12.8. The monoisotopic (exact) mass is 426 g/mol. The third-order valence-electron chi connectivity index (χ3n) is 4.50. The second-order valence-corrected chi connectivity index (χ2v) is 6.49. The predicted molar refractivity (Wildman–Crippen MR) is 111 cm³/mol. The maximum Gasteiger partial charge on any atom is 0.338 e. The summed E-state index contributed by atoms with van der Waals surface area (Å²) in [6.07, 6.45) is 0. The second-order valence-electron chi connectivity index (χ2n) is 6.49. The molecule has 1 aromatic heterocycles. The number of hydrogen-bond donors (Lipinski definition) is 0. The van der Waals surface area contributed by atoms with Crippen LogP contribution < -0.4 is 18.9 Å². The van der Waals surface area contributed by atoms with Gasteiger partial charge >= 0.3 is 5.97 Å². The molecule has 0 bridgehead atoms. The molecule has 0 radical (unpaired) electrons. The summed E-state index contributed by atoms with van der Waals surface area (Å²) in [5.74, 6) is 0.161. The molecule has 0 atom stereocenters. The topological polar surface area (TPSA) is 111 Å². The molecule has 0 fully saturated rings. The van der Waals surface area contributed by atoms with Crippen LogP contribution in [0.2, 0.25) is 0 Å². The summed E-state index contributed by atoms with van der Waals surface area (Å²) in [6.45, 7) is 3.16. The minimum Gasteiger partial charge on any atom is -0.618 e. The molecule has 3 aromatic rings. The first-order valence-corrected chi connectivity index (χ1v) is 9.48. The first-order chi connectivity index (χ1) is 14.9. The van der Waals surface area contributed by atoms with Crippen LogP contribution in [0.3, 0.4) is 0 Å². The molecule has 0 N–H and O–H groups in total. The number of benzene rings is 2. The van der Waals surface area contributed by atoms with Crippen LogP contribution in [-0.2, 0) is 11.3 Å². The van der Waals surface area contributed by atoms with Crippen molar-refractivity contribution in [3.05, 3.63) is 58.6 Å². The van der Waals surface area contributed by atoms with Gasteiger partial charge in [-0.25, -0.2) is 9.78 Å². The first kappa shape index (κ1) is 21.8. The number of rotatable bonds is 8. The molecular weight excluding hydrogens is 404 g/mol. The number of aromatic nitrogens is 2. The maximum absolute atomic E-state index is 12.8. The highest BCUT2D eigenvalue weighted by Gasteiger charge is 2.25. The van der Waals surface area contributed by atoms with Gasteiger partial charge in [0.05, 0.1) is 32.5 Å². The lowest BCUT2D eigenvalue weighted by Gasteiger charge is -2.12. The van der Waals surface area contributed by atoms with Crippen molar-refractivity contribution in [2.75, 3.05) is 20.8 Å². The Bertz CT molecular complexity index is 1140. The average Bonchev–Trinajstić information content (AvgIpc) is 2.77. The number of methoxy groups -OCH3 is 2. The normalized spacial score (nSPS) is 10.6. The zero-order valence-corrected chi connectivity index (χ0v) is 17.6. The number of Topliss-reactive ketones (excluding diaryl/α,β-unsaturated/α-hetero) is 1. The van der Waals surface area contributed by atoms with Crippen molar-refractivity contribution in [3.8, 4) is 17.2 Å². The standard InChI is InChI=1S/C22H22N2O7/c1-5-30-15-7-8-16-18(11-15)24(27)21(13(2)25)17(23-16)12-31-22(26)14-6-9-19(28-3)20(10-14)29-4/h6-11H,5,12H2,1-4H3. The van der Waals surface area contributed by atoms with Crippen LogP contribution in [-0.4, -0.2) is 37.6 Å². The van der Waals surface area contributed by atoms with Gasteiger partial charge in [0, 0.05) is 6.92 Å². The van der Waals surface area contributed by atoms with E-state index in [0.717, 1.165) is 0 Å². The van der Waals surface area contributed by atoms with Gasteiger partial charge in [-0.3, -0.25) is 4.79 Å². The Balaban J connectivity index is 1.92. The highest BCUT2D eigenvalue weighted by molar-refractivity contribution is 5.93.